The van der Waals surface area contributed by atoms with Crippen LogP contribution < -0.4 is 16.3 Å². The number of benzene rings is 1. The van der Waals surface area contributed by atoms with Crippen molar-refractivity contribution in [3.63, 3.8) is 0 Å². The first-order valence-corrected chi connectivity index (χ1v) is 6.77. The molecule has 6 nitrogen and oxygen atoms in total. The molecule has 22 heavy (non-hydrogen) atoms. The van der Waals surface area contributed by atoms with Crippen LogP contribution in [0, 0.1) is 0 Å². The number of carbonyl (C=O) groups is 1. The third-order valence-electron chi connectivity index (χ3n) is 3.69. The zero-order chi connectivity index (χ0) is 15.1. The molecule has 1 unspecified atom stereocenters. The van der Waals surface area contributed by atoms with Gasteiger partial charge in [0.05, 0.1) is 17.3 Å². The van der Waals surface area contributed by atoms with Crippen LogP contribution in [0.4, 0.5) is 10.5 Å². The van der Waals surface area contributed by atoms with E-state index in [0.29, 0.717) is 22.2 Å². The molecule has 0 aliphatic carbocycles. The van der Waals surface area contributed by atoms with Crippen LogP contribution in [0.15, 0.2) is 58.0 Å². The zero-order valence-electron chi connectivity index (χ0n) is 11.4. The molecule has 0 bridgehead atoms. The molecule has 4 rings (SSSR count). The summed E-state index contributed by atoms with van der Waals surface area (Å²) in [5.41, 5.74) is 1.64. The number of carbonyl (C=O) groups excluding carboxylic acids is 1. The summed E-state index contributed by atoms with van der Waals surface area (Å²) in [6.45, 7) is 0. The predicted octanol–water partition coefficient (Wildman–Crippen LogP) is 2.41. The molecule has 3 aromatic rings. The monoisotopic (exact) mass is 293 g/mol. The SMILES string of the molecule is O=C1Nc2c(c(=O)oc3ccccc23)C(c2ccncc2)N1. The summed E-state index contributed by atoms with van der Waals surface area (Å²) in [5.74, 6) is 0. The van der Waals surface area contributed by atoms with Crippen molar-refractivity contribution in [1.82, 2.24) is 10.3 Å². The van der Waals surface area contributed by atoms with Crippen molar-refractivity contribution in [3.05, 3.63) is 70.3 Å². The summed E-state index contributed by atoms with van der Waals surface area (Å²) < 4.78 is 5.38. The summed E-state index contributed by atoms with van der Waals surface area (Å²) in [5, 5.41) is 6.17. The first kappa shape index (κ1) is 12.6. The third kappa shape index (κ3) is 1.85. The van der Waals surface area contributed by atoms with Crippen molar-refractivity contribution < 1.29 is 9.21 Å². The molecule has 3 heterocycles. The van der Waals surface area contributed by atoms with Crippen LogP contribution in [-0.2, 0) is 0 Å². The van der Waals surface area contributed by atoms with Crippen molar-refractivity contribution in [2.24, 2.45) is 0 Å². The number of nitrogens with zero attached hydrogens (tertiary/aromatic N) is 1. The molecule has 2 amide bonds. The van der Waals surface area contributed by atoms with Gasteiger partial charge in [-0.1, -0.05) is 12.1 Å². The van der Waals surface area contributed by atoms with Crippen LogP contribution >= 0.6 is 0 Å². The maximum absolute atomic E-state index is 12.4. The lowest BCUT2D eigenvalue weighted by atomic mass is 9.96. The van der Waals surface area contributed by atoms with E-state index >= 15 is 0 Å². The van der Waals surface area contributed by atoms with Crippen molar-refractivity contribution in [1.29, 1.82) is 0 Å². The number of urea groups is 1. The average Bonchev–Trinajstić information content (AvgIpc) is 2.55. The van der Waals surface area contributed by atoms with Crippen molar-refractivity contribution in [2.75, 3.05) is 5.32 Å². The highest BCUT2D eigenvalue weighted by Crippen LogP contribution is 2.34. The number of anilines is 1. The molecular weight excluding hydrogens is 282 g/mol. The molecule has 0 saturated heterocycles. The van der Waals surface area contributed by atoms with Gasteiger partial charge < -0.3 is 15.1 Å². The summed E-state index contributed by atoms with van der Waals surface area (Å²) in [6, 6.07) is 9.72. The summed E-state index contributed by atoms with van der Waals surface area (Å²) in [7, 11) is 0. The predicted molar refractivity (Wildman–Crippen MR) is 80.7 cm³/mol. The lowest BCUT2D eigenvalue weighted by Crippen LogP contribution is -2.41. The molecule has 2 N–H and O–H groups in total. The Bertz CT molecular complexity index is 934. The molecule has 1 atom stereocenters. The van der Waals surface area contributed by atoms with Crippen LogP contribution in [0.5, 0.6) is 0 Å². The van der Waals surface area contributed by atoms with Gasteiger partial charge in [-0.05, 0) is 29.8 Å². The Kier molecular flexibility index (Phi) is 2.69. The molecule has 2 aromatic heterocycles. The molecule has 0 fully saturated rings. The standard InChI is InChI=1S/C16H11N3O3/c20-15-12-13(9-5-7-17-8-6-9)18-16(21)19-14(12)10-3-1-2-4-11(10)22-15/h1-8,13H,(H2,18,19,21). The summed E-state index contributed by atoms with van der Waals surface area (Å²) >= 11 is 0. The van der Waals surface area contributed by atoms with Gasteiger partial charge >= 0.3 is 11.7 Å². The van der Waals surface area contributed by atoms with E-state index in [1.54, 1.807) is 36.7 Å². The fourth-order valence-electron chi connectivity index (χ4n) is 2.72. The number of hydrogen-bond donors (Lipinski definition) is 2. The van der Waals surface area contributed by atoms with Crippen molar-refractivity contribution in [2.45, 2.75) is 6.04 Å². The van der Waals surface area contributed by atoms with E-state index in [4.69, 9.17) is 4.42 Å². The molecule has 6 heteroatoms. The number of rotatable bonds is 1. The minimum atomic E-state index is -0.562. The lowest BCUT2D eigenvalue weighted by Gasteiger charge is -2.27. The minimum Gasteiger partial charge on any atom is -0.422 e. The highest BCUT2D eigenvalue weighted by Gasteiger charge is 2.30. The van der Waals surface area contributed by atoms with Gasteiger partial charge in [0.15, 0.2) is 0 Å². The number of aromatic nitrogens is 1. The van der Waals surface area contributed by atoms with Crippen LogP contribution in [-0.4, -0.2) is 11.0 Å². The van der Waals surface area contributed by atoms with E-state index in [1.807, 2.05) is 12.1 Å². The highest BCUT2D eigenvalue weighted by molar-refractivity contribution is 6.03. The zero-order valence-corrected chi connectivity index (χ0v) is 11.4. The van der Waals surface area contributed by atoms with Gasteiger partial charge in [-0.3, -0.25) is 4.98 Å². The second kappa shape index (κ2) is 4.70. The Balaban J connectivity index is 2.04. The van der Waals surface area contributed by atoms with Crippen molar-refractivity contribution in [3.8, 4) is 0 Å². The van der Waals surface area contributed by atoms with Gasteiger partial charge in [0.1, 0.15) is 5.58 Å². The number of para-hydroxylation sites is 1. The average molecular weight is 293 g/mol. The second-order valence-electron chi connectivity index (χ2n) is 4.99. The van der Waals surface area contributed by atoms with Crippen molar-refractivity contribution >= 4 is 22.7 Å². The lowest BCUT2D eigenvalue weighted by molar-refractivity contribution is 0.248. The van der Waals surface area contributed by atoms with Gasteiger partial charge in [0, 0.05) is 17.8 Å². The van der Waals surface area contributed by atoms with E-state index in [9.17, 15) is 9.59 Å². The Hall–Kier alpha value is -3.15. The maximum atomic E-state index is 12.4. The van der Waals surface area contributed by atoms with Gasteiger partial charge in [0.2, 0.25) is 0 Å². The first-order chi connectivity index (χ1) is 10.7. The molecule has 0 spiro atoms. The van der Waals surface area contributed by atoms with Crippen LogP contribution in [0.25, 0.3) is 11.0 Å². The Morgan fingerprint density at radius 3 is 2.64 bits per heavy atom. The van der Waals surface area contributed by atoms with E-state index in [0.717, 1.165) is 5.56 Å². The summed E-state index contributed by atoms with van der Waals surface area (Å²) in [4.78, 5) is 28.3. The van der Waals surface area contributed by atoms with Gasteiger partial charge in [-0.25, -0.2) is 9.59 Å². The molecule has 0 saturated carbocycles. The fraction of sp³-hybridized carbons (Fsp3) is 0.0625. The molecule has 1 aliphatic rings. The Morgan fingerprint density at radius 1 is 1.05 bits per heavy atom. The Morgan fingerprint density at radius 2 is 1.82 bits per heavy atom. The van der Waals surface area contributed by atoms with Crippen LogP contribution in [0.2, 0.25) is 0 Å². The number of amides is 2. The number of pyridine rings is 1. The minimum absolute atomic E-state index is 0.356. The normalized spacial score (nSPS) is 16.7. The number of nitrogens with one attached hydrogen (secondary N) is 2. The number of fused-ring (bicyclic) bond motifs is 3. The van der Waals surface area contributed by atoms with E-state index in [-0.39, 0.29) is 6.03 Å². The fourth-order valence-corrected chi connectivity index (χ4v) is 2.72. The van der Waals surface area contributed by atoms with Crippen LogP contribution in [0.1, 0.15) is 17.2 Å². The van der Waals surface area contributed by atoms with Gasteiger partial charge in [-0.15, -0.1) is 0 Å². The molecule has 1 aliphatic heterocycles. The molecule has 1 aromatic carbocycles. The van der Waals surface area contributed by atoms with E-state index in [1.165, 1.54) is 0 Å². The van der Waals surface area contributed by atoms with Gasteiger partial charge in [-0.2, -0.15) is 0 Å². The largest absolute Gasteiger partial charge is 0.422 e. The number of hydrogen-bond acceptors (Lipinski definition) is 4. The summed E-state index contributed by atoms with van der Waals surface area (Å²) in [6.07, 6.45) is 3.23. The third-order valence-corrected chi connectivity index (χ3v) is 3.69. The highest BCUT2D eigenvalue weighted by atomic mass is 16.4. The second-order valence-corrected chi connectivity index (χ2v) is 4.99. The Labute approximate surface area is 124 Å². The molecule has 0 radical (unpaired) electrons. The van der Waals surface area contributed by atoms with E-state index in [2.05, 4.69) is 15.6 Å². The van der Waals surface area contributed by atoms with Crippen LogP contribution in [0.3, 0.4) is 0 Å². The quantitative estimate of drug-likeness (QED) is 0.675. The van der Waals surface area contributed by atoms with Gasteiger partial charge in [0.25, 0.3) is 0 Å². The first-order valence-electron chi connectivity index (χ1n) is 6.77. The topological polar surface area (TPSA) is 84.2 Å². The molecule has 108 valence electrons. The van der Waals surface area contributed by atoms with E-state index < -0.39 is 11.7 Å². The smallest absolute Gasteiger partial charge is 0.344 e. The maximum Gasteiger partial charge on any atom is 0.344 e. The molecular formula is C16H11N3O3.